The molecular weight excluding hydrogens is 224 g/mol. The van der Waals surface area contributed by atoms with Gasteiger partial charge in [-0.3, -0.25) is 0 Å². The summed E-state index contributed by atoms with van der Waals surface area (Å²) in [5.74, 6) is 1.01. The molecule has 5 heteroatoms. The molecule has 2 aromatic heterocycles. The maximum Gasteiger partial charge on any atom is 0.273 e. The number of aromatic nitrogens is 1. The molecule has 0 saturated carbocycles. The van der Waals surface area contributed by atoms with Gasteiger partial charge in [0.05, 0.1) is 18.3 Å². The fourth-order valence-electron chi connectivity index (χ4n) is 1.98. The van der Waals surface area contributed by atoms with Crippen LogP contribution in [-0.4, -0.2) is 18.6 Å². The Labute approximate surface area is 97.3 Å². The van der Waals surface area contributed by atoms with Crippen molar-refractivity contribution in [2.45, 2.75) is 12.5 Å². The Balaban J connectivity index is 1.97. The third-order valence-corrected chi connectivity index (χ3v) is 3.77. The standard InChI is InChI=1S/C11H12N2O2S/c1-14-11-13-6-8(16-11)9-10-7(2-4-12-9)3-5-15-10/h3,5-6,9,12H,2,4H2,1H3. The minimum atomic E-state index is 0.125. The molecule has 0 radical (unpaired) electrons. The summed E-state index contributed by atoms with van der Waals surface area (Å²) in [6, 6.07) is 2.17. The first kappa shape index (κ1) is 9.86. The highest BCUT2D eigenvalue weighted by atomic mass is 32.1. The molecule has 16 heavy (non-hydrogen) atoms. The van der Waals surface area contributed by atoms with Crippen LogP contribution in [0.2, 0.25) is 0 Å². The van der Waals surface area contributed by atoms with Crippen LogP contribution in [0, 0.1) is 0 Å². The van der Waals surface area contributed by atoms with Crippen LogP contribution in [0.1, 0.15) is 22.2 Å². The molecule has 1 aliphatic heterocycles. The lowest BCUT2D eigenvalue weighted by molar-refractivity contribution is 0.412. The third kappa shape index (κ3) is 1.52. The molecule has 0 bridgehead atoms. The number of thiazole rings is 1. The monoisotopic (exact) mass is 236 g/mol. The van der Waals surface area contributed by atoms with Gasteiger partial charge in [0.2, 0.25) is 0 Å². The second-order valence-electron chi connectivity index (χ2n) is 3.68. The van der Waals surface area contributed by atoms with Gasteiger partial charge in [0.15, 0.2) is 0 Å². The van der Waals surface area contributed by atoms with Crippen molar-refractivity contribution in [1.29, 1.82) is 0 Å². The first-order chi connectivity index (χ1) is 7.88. The maximum atomic E-state index is 5.54. The highest BCUT2D eigenvalue weighted by molar-refractivity contribution is 7.13. The van der Waals surface area contributed by atoms with Crippen molar-refractivity contribution in [2.75, 3.05) is 13.7 Å². The molecule has 1 N–H and O–H groups in total. The minimum absolute atomic E-state index is 0.125. The van der Waals surface area contributed by atoms with Crippen molar-refractivity contribution < 1.29 is 9.15 Å². The lowest BCUT2D eigenvalue weighted by atomic mass is 10.0. The molecule has 1 aliphatic rings. The van der Waals surface area contributed by atoms with Gasteiger partial charge in [0, 0.05) is 12.7 Å². The largest absolute Gasteiger partial charge is 0.473 e. The molecule has 3 heterocycles. The van der Waals surface area contributed by atoms with E-state index < -0.39 is 0 Å². The predicted molar refractivity (Wildman–Crippen MR) is 60.9 cm³/mol. The Bertz CT molecular complexity index is 492. The van der Waals surface area contributed by atoms with Gasteiger partial charge in [-0.15, -0.1) is 0 Å². The first-order valence-electron chi connectivity index (χ1n) is 5.18. The Morgan fingerprint density at radius 3 is 3.38 bits per heavy atom. The summed E-state index contributed by atoms with van der Waals surface area (Å²) >= 11 is 1.55. The average Bonchev–Trinajstić information content (AvgIpc) is 2.97. The molecule has 1 unspecified atom stereocenters. The number of rotatable bonds is 2. The van der Waals surface area contributed by atoms with Gasteiger partial charge in [-0.25, -0.2) is 4.98 Å². The Kier molecular flexibility index (Phi) is 2.41. The van der Waals surface area contributed by atoms with Crippen LogP contribution in [0.3, 0.4) is 0 Å². The second kappa shape index (κ2) is 3.92. The fraction of sp³-hybridized carbons (Fsp3) is 0.364. The molecule has 1 atom stereocenters. The van der Waals surface area contributed by atoms with E-state index in [4.69, 9.17) is 9.15 Å². The van der Waals surface area contributed by atoms with E-state index in [2.05, 4.69) is 10.3 Å². The Morgan fingerprint density at radius 1 is 1.62 bits per heavy atom. The predicted octanol–water partition coefficient (Wildman–Crippen LogP) is 1.98. The lowest BCUT2D eigenvalue weighted by Crippen LogP contribution is -2.29. The van der Waals surface area contributed by atoms with Crippen LogP contribution in [0.25, 0.3) is 0 Å². The summed E-state index contributed by atoms with van der Waals surface area (Å²) in [5.41, 5.74) is 1.29. The van der Waals surface area contributed by atoms with E-state index in [1.54, 1.807) is 24.7 Å². The zero-order valence-electron chi connectivity index (χ0n) is 8.90. The quantitative estimate of drug-likeness (QED) is 0.866. The molecule has 0 spiro atoms. The average molecular weight is 236 g/mol. The molecule has 2 aromatic rings. The molecule has 0 fully saturated rings. The minimum Gasteiger partial charge on any atom is -0.473 e. The van der Waals surface area contributed by atoms with E-state index in [0.29, 0.717) is 5.19 Å². The second-order valence-corrected chi connectivity index (χ2v) is 4.70. The molecule has 3 rings (SSSR count). The number of hydrogen-bond donors (Lipinski definition) is 1. The zero-order valence-corrected chi connectivity index (χ0v) is 9.71. The Morgan fingerprint density at radius 2 is 2.56 bits per heavy atom. The number of furan rings is 1. The third-order valence-electron chi connectivity index (χ3n) is 2.75. The molecule has 0 aliphatic carbocycles. The Hall–Kier alpha value is -1.33. The number of fused-ring (bicyclic) bond motifs is 1. The highest BCUT2D eigenvalue weighted by Crippen LogP contribution is 2.34. The smallest absolute Gasteiger partial charge is 0.273 e. The summed E-state index contributed by atoms with van der Waals surface area (Å²) in [5, 5.41) is 4.13. The molecule has 0 amide bonds. The van der Waals surface area contributed by atoms with Crippen LogP contribution < -0.4 is 10.1 Å². The van der Waals surface area contributed by atoms with Crippen molar-refractivity contribution >= 4 is 11.3 Å². The molecule has 84 valence electrons. The van der Waals surface area contributed by atoms with Crippen molar-refractivity contribution in [3.05, 3.63) is 34.7 Å². The summed E-state index contributed by atoms with van der Waals surface area (Å²) in [7, 11) is 1.63. The summed E-state index contributed by atoms with van der Waals surface area (Å²) in [4.78, 5) is 5.31. The summed E-state index contributed by atoms with van der Waals surface area (Å²) < 4.78 is 10.6. The SMILES string of the molecule is COc1ncc(C2NCCc3ccoc32)s1. The summed E-state index contributed by atoms with van der Waals surface area (Å²) in [6.07, 6.45) is 4.62. The van der Waals surface area contributed by atoms with Crippen molar-refractivity contribution in [1.82, 2.24) is 10.3 Å². The molecule has 0 saturated heterocycles. The van der Waals surface area contributed by atoms with E-state index in [1.165, 1.54) is 5.56 Å². The van der Waals surface area contributed by atoms with E-state index >= 15 is 0 Å². The number of hydrogen-bond acceptors (Lipinski definition) is 5. The van der Waals surface area contributed by atoms with Gasteiger partial charge < -0.3 is 14.5 Å². The van der Waals surface area contributed by atoms with E-state index in [1.807, 2.05) is 12.3 Å². The van der Waals surface area contributed by atoms with Gasteiger partial charge in [0.25, 0.3) is 5.19 Å². The number of nitrogens with zero attached hydrogens (tertiary/aromatic N) is 1. The molecule has 0 aromatic carbocycles. The van der Waals surface area contributed by atoms with Crippen molar-refractivity contribution in [2.24, 2.45) is 0 Å². The van der Waals surface area contributed by atoms with Crippen molar-refractivity contribution in [3.63, 3.8) is 0 Å². The number of methoxy groups -OCH3 is 1. The summed E-state index contributed by atoms with van der Waals surface area (Å²) in [6.45, 7) is 0.970. The van der Waals surface area contributed by atoms with Gasteiger partial charge in [-0.05, 0) is 18.1 Å². The topological polar surface area (TPSA) is 47.3 Å². The van der Waals surface area contributed by atoms with Crippen LogP contribution in [-0.2, 0) is 6.42 Å². The van der Waals surface area contributed by atoms with Gasteiger partial charge in [-0.2, -0.15) is 0 Å². The van der Waals surface area contributed by atoms with Crippen LogP contribution in [0.5, 0.6) is 5.19 Å². The first-order valence-corrected chi connectivity index (χ1v) is 5.99. The maximum absolute atomic E-state index is 5.54. The van der Waals surface area contributed by atoms with E-state index in [9.17, 15) is 0 Å². The zero-order chi connectivity index (χ0) is 11.0. The van der Waals surface area contributed by atoms with E-state index in [-0.39, 0.29) is 6.04 Å². The highest BCUT2D eigenvalue weighted by Gasteiger charge is 2.26. The number of nitrogens with one attached hydrogen (secondary N) is 1. The van der Waals surface area contributed by atoms with Crippen LogP contribution in [0.15, 0.2) is 22.9 Å². The van der Waals surface area contributed by atoms with Gasteiger partial charge in [-0.1, -0.05) is 11.3 Å². The van der Waals surface area contributed by atoms with Crippen molar-refractivity contribution in [3.8, 4) is 5.19 Å². The fourth-order valence-corrected chi connectivity index (χ4v) is 2.78. The van der Waals surface area contributed by atoms with Gasteiger partial charge >= 0.3 is 0 Å². The molecular formula is C11H12N2O2S. The normalized spacial score (nSPS) is 19.4. The van der Waals surface area contributed by atoms with Gasteiger partial charge in [0.1, 0.15) is 11.8 Å². The van der Waals surface area contributed by atoms with Crippen LogP contribution in [0.4, 0.5) is 0 Å². The van der Waals surface area contributed by atoms with Crippen LogP contribution >= 0.6 is 11.3 Å². The molecule has 4 nitrogen and oxygen atoms in total. The number of ether oxygens (including phenoxy) is 1. The van der Waals surface area contributed by atoms with E-state index in [0.717, 1.165) is 23.6 Å². The lowest BCUT2D eigenvalue weighted by Gasteiger charge is -2.21.